The van der Waals surface area contributed by atoms with Gasteiger partial charge in [-0.1, -0.05) is 79.7 Å². The first-order chi connectivity index (χ1) is 22.7. The van der Waals surface area contributed by atoms with Crippen LogP contribution in [-0.4, -0.2) is 52.2 Å². The van der Waals surface area contributed by atoms with Gasteiger partial charge < -0.3 is 10.1 Å². The fourth-order valence-corrected chi connectivity index (χ4v) is 5.27. The highest BCUT2D eigenvalue weighted by Crippen LogP contribution is 2.20. The van der Waals surface area contributed by atoms with Gasteiger partial charge in [-0.05, 0) is 48.1 Å². The molecule has 0 radical (unpaired) electrons. The van der Waals surface area contributed by atoms with Crippen molar-refractivity contribution in [2.45, 2.75) is 51.5 Å². The van der Waals surface area contributed by atoms with Crippen molar-refractivity contribution in [1.29, 1.82) is 0 Å². The molecule has 4 rings (SSSR count). The van der Waals surface area contributed by atoms with Crippen molar-refractivity contribution in [3.8, 4) is 5.75 Å². The van der Waals surface area contributed by atoms with E-state index in [-0.39, 0.29) is 49.4 Å². The number of carbonyl (C=O) groups excluding carboxylic acids is 5. The number of hydrogen-bond donors (Lipinski definition) is 1. The Morgan fingerprint density at radius 2 is 1.40 bits per heavy atom. The van der Waals surface area contributed by atoms with E-state index < -0.39 is 35.4 Å². The second kappa shape index (κ2) is 17.4. The van der Waals surface area contributed by atoms with E-state index in [9.17, 15) is 24.0 Å². The number of ketones is 4. The van der Waals surface area contributed by atoms with E-state index in [1.807, 2.05) is 60.7 Å². The molecule has 0 fully saturated rings. The van der Waals surface area contributed by atoms with Crippen LogP contribution in [0.3, 0.4) is 0 Å². The largest absolute Gasteiger partial charge is 0.497 e. The van der Waals surface area contributed by atoms with E-state index in [1.54, 1.807) is 38.3 Å². The molecule has 1 heterocycles. The van der Waals surface area contributed by atoms with E-state index in [0.717, 1.165) is 16.7 Å². The van der Waals surface area contributed by atoms with Crippen molar-refractivity contribution < 1.29 is 28.7 Å². The first kappa shape index (κ1) is 34.6. The van der Waals surface area contributed by atoms with Crippen LogP contribution >= 0.6 is 0 Å². The average Bonchev–Trinajstić information content (AvgIpc) is 3.11. The second-order valence-electron chi connectivity index (χ2n) is 11.6. The quantitative estimate of drug-likeness (QED) is 0.119. The highest BCUT2D eigenvalue weighted by molar-refractivity contribution is 6.38. The molecule has 47 heavy (non-hydrogen) atoms. The summed E-state index contributed by atoms with van der Waals surface area (Å²) in [4.78, 5) is 74.7. The van der Waals surface area contributed by atoms with Crippen LogP contribution in [0.15, 0.2) is 104 Å². The predicted molar refractivity (Wildman–Crippen MR) is 177 cm³/mol. The predicted octanol–water partition coefficient (Wildman–Crippen LogP) is 5.01. The Bertz CT molecular complexity index is 1640. The molecule has 0 aliphatic carbocycles. The van der Waals surface area contributed by atoms with Crippen LogP contribution in [0.2, 0.25) is 0 Å². The molecular formula is C38H39N3O6. The van der Waals surface area contributed by atoms with Gasteiger partial charge in [0.25, 0.3) is 0 Å². The number of benzene rings is 3. The lowest BCUT2D eigenvalue weighted by Gasteiger charge is -2.23. The highest BCUT2D eigenvalue weighted by atomic mass is 16.5. The minimum absolute atomic E-state index is 0.0334. The SMILES string of the molecule is COc1ccc(C[C@H](NC(=O)[C@H](C)CC(=O)c2cnccn2)C(=O)C[C@@H](Cc2ccccc2)C(=O)C(=O)CCc2ccccc2)cc1. The molecule has 0 unspecified atom stereocenters. The molecule has 9 heteroatoms. The van der Waals surface area contributed by atoms with Crippen molar-refractivity contribution in [2.24, 2.45) is 11.8 Å². The third kappa shape index (κ3) is 10.6. The number of aromatic nitrogens is 2. The highest BCUT2D eigenvalue weighted by Gasteiger charge is 2.32. The van der Waals surface area contributed by atoms with Gasteiger partial charge in [0.2, 0.25) is 11.7 Å². The fraction of sp³-hybridized carbons (Fsp3) is 0.289. The lowest BCUT2D eigenvalue weighted by molar-refractivity contribution is -0.140. The molecule has 0 aliphatic rings. The van der Waals surface area contributed by atoms with Crippen molar-refractivity contribution in [3.63, 3.8) is 0 Å². The summed E-state index contributed by atoms with van der Waals surface area (Å²) < 4.78 is 5.25. The maximum Gasteiger partial charge on any atom is 0.223 e. The van der Waals surface area contributed by atoms with Crippen molar-refractivity contribution in [2.75, 3.05) is 7.11 Å². The third-order valence-electron chi connectivity index (χ3n) is 7.99. The maximum absolute atomic E-state index is 14.0. The molecule has 3 aromatic carbocycles. The van der Waals surface area contributed by atoms with Gasteiger partial charge in [-0.3, -0.25) is 29.0 Å². The zero-order chi connectivity index (χ0) is 33.6. The summed E-state index contributed by atoms with van der Waals surface area (Å²) >= 11 is 0. The maximum atomic E-state index is 14.0. The average molecular weight is 634 g/mol. The Morgan fingerprint density at radius 3 is 2.02 bits per heavy atom. The Hall–Kier alpha value is -5.31. The number of carbonyl (C=O) groups is 5. The molecule has 3 atom stereocenters. The van der Waals surface area contributed by atoms with E-state index in [1.165, 1.54) is 18.6 Å². The van der Waals surface area contributed by atoms with Gasteiger partial charge >= 0.3 is 0 Å². The molecule has 0 aliphatic heterocycles. The second-order valence-corrected chi connectivity index (χ2v) is 11.6. The van der Waals surface area contributed by atoms with E-state index in [2.05, 4.69) is 15.3 Å². The Morgan fingerprint density at radius 1 is 0.766 bits per heavy atom. The number of amides is 1. The van der Waals surface area contributed by atoms with Gasteiger partial charge in [0, 0.05) is 43.5 Å². The van der Waals surface area contributed by atoms with E-state index in [0.29, 0.717) is 12.2 Å². The number of Topliss-reactive ketones (excluding diaryl/α,β-unsaturated/α-hetero) is 4. The van der Waals surface area contributed by atoms with Gasteiger partial charge in [-0.15, -0.1) is 0 Å². The summed E-state index contributed by atoms with van der Waals surface area (Å²) in [6.45, 7) is 1.60. The summed E-state index contributed by atoms with van der Waals surface area (Å²) in [5.41, 5.74) is 2.68. The van der Waals surface area contributed by atoms with Gasteiger partial charge in [-0.2, -0.15) is 0 Å². The third-order valence-corrected chi connectivity index (χ3v) is 7.99. The molecule has 0 saturated heterocycles. The number of aryl methyl sites for hydroxylation is 1. The Balaban J connectivity index is 1.52. The summed E-state index contributed by atoms with van der Waals surface area (Å²) in [5, 5.41) is 2.83. The number of rotatable bonds is 18. The molecule has 0 bridgehead atoms. The molecule has 1 aromatic heterocycles. The first-order valence-corrected chi connectivity index (χ1v) is 15.6. The Labute approximate surface area is 274 Å². The summed E-state index contributed by atoms with van der Waals surface area (Å²) in [7, 11) is 1.55. The number of methoxy groups -OCH3 is 1. The number of hydrogen-bond acceptors (Lipinski definition) is 8. The molecule has 0 saturated carbocycles. The van der Waals surface area contributed by atoms with Gasteiger partial charge in [0.1, 0.15) is 11.4 Å². The van der Waals surface area contributed by atoms with Crippen LogP contribution in [-0.2, 0) is 38.4 Å². The summed E-state index contributed by atoms with van der Waals surface area (Å²) in [5.74, 6) is -3.38. The molecule has 242 valence electrons. The molecule has 1 N–H and O–H groups in total. The monoisotopic (exact) mass is 633 g/mol. The van der Waals surface area contributed by atoms with E-state index >= 15 is 0 Å². The van der Waals surface area contributed by atoms with Crippen LogP contribution in [0, 0.1) is 11.8 Å². The zero-order valence-corrected chi connectivity index (χ0v) is 26.6. The van der Waals surface area contributed by atoms with Gasteiger partial charge in [0.05, 0.1) is 19.3 Å². The van der Waals surface area contributed by atoms with Crippen LogP contribution in [0.1, 0.15) is 53.4 Å². The minimum atomic E-state index is -1.00. The fourth-order valence-electron chi connectivity index (χ4n) is 5.27. The number of nitrogens with zero attached hydrogens (tertiary/aromatic N) is 2. The molecule has 4 aromatic rings. The number of ether oxygens (including phenoxy) is 1. The van der Waals surface area contributed by atoms with Crippen LogP contribution < -0.4 is 10.1 Å². The van der Waals surface area contributed by atoms with Crippen molar-refractivity contribution in [3.05, 3.63) is 126 Å². The van der Waals surface area contributed by atoms with Gasteiger partial charge in [0.15, 0.2) is 17.3 Å². The van der Waals surface area contributed by atoms with Crippen molar-refractivity contribution in [1.82, 2.24) is 15.3 Å². The van der Waals surface area contributed by atoms with E-state index in [4.69, 9.17) is 4.74 Å². The topological polar surface area (TPSA) is 132 Å². The molecule has 0 spiro atoms. The summed E-state index contributed by atoms with van der Waals surface area (Å²) in [6.07, 6.45) is 4.63. The lowest BCUT2D eigenvalue weighted by Crippen LogP contribution is -2.46. The molecule has 9 nitrogen and oxygen atoms in total. The smallest absolute Gasteiger partial charge is 0.223 e. The minimum Gasteiger partial charge on any atom is -0.497 e. The number of nitrogens with one attached hydrogen (secondary N) is 1. The standard InChI is InChI=1S/C38H39N3O6/c1-26(21-35(43)33-25-39-19-20-40-33)38(46)41-32(23-29-13-16-31(47-2)17-14-29)36(44)24-30(22-28-11-7-4-8-12-28)37(45)34(42)18-15-27-9-5-3-6-10-27/h3-14,16-17,19-20,25-26,30,32H,15,18,21-24H2,1-2H3,(H,41,46)/t26-,30-,32+/m1/s1. The normalized spacial score (nSPS) is 12.7. The van der Waals surface area contributed by atoms with Crippen LogP contribution in [0.4, 0.5) is 0 Å². The Kier molecular flexibility index (Phi) is 12.8. The summed E-state index contributed by atoms with van der Waals surface area (Å²) in [6, 6.07) is 24.8. The van der Waals surface area contributed by atoms with Gasteiger partial charge in [-0.25, -0.2) is 4.98 Å². The lowest BCUT2D eigenvalue weighted by atomic mass is 9.85. The zero-order valence-electron chi connectivity index (χ0n) is 26.6. The van der Waals surface area contributed by atoms with Crippen LogP contribution in [0.5, 0.6) is 5.75 Å². The van der Waals surface area contributed by atoms with Crippen LogP contribution in [0.25, 0.3) is 0 Å². The molecule has 1 amide bonds. The first-order valence-electron chi connectivity index (χ1n) is 15.6. The van der Waals surface area contributed by atoms with Crippen molar-refractivity contribution >= 4 is 29.0 Å². The molecular weight excluding hydrogens is 594 g/mol.